The molecule has 5 nitrogen and oxygen atoms in total. The van der Waals surface area contributed by atoms with E-state index in [1.807, 2.05) is 18.7 Å². The van der Waals surface area contributed by atoms with Gasteiger partial charge in [0.15, 0.2) is 0 Å². The van der Waals surface area contributed by atoms with Gasteiger partial charge in [0.05, 0.1) is 10.7 Å². The Kier molecular flexibility index (Phi) is 7.05. The molecular formula is C18H25ClFN3O2. The average Bonchev–Trinajstić information content (AvgIpc) is 2.59. The predicted molar refractivity (Wildman–Crippen MR) is 97.2 cm³/mol. The minimum atomic E-state index is -0.453. The molecule has 0 aliphatic carbocycles. The lowest BCUT2D eigenvalue weighted by atomic mass is 9.98. The highest BCUT2D eigenvalue weighted by Crippen LogP contribution is 2.22. The summed E-state index contributed by atoms with van der Waals surface area (Å²) in [5, 5.41) is 5.66. The van der Waals surface area contributed by atoms with E-state index in [0.29, 0.717) is 18.8 Å². The summed E-state index contributed by atoms with van der Waals surface area (Å²) in [5.41, 5.74) is 0.363. The third-order valence-corrected chi connectivity index (χ3v) is 4.97. The van der Waals surface area contributed by atoms with E-state index in [1.54, 1.807) is 0 Å². The maximum Gasteiger partial charge on any atom is 0.319 e. The molecule has 1 fully saturated rings. The van der Waals surface area contributed by atoms with Crippen molar-refractivity contribution in [1.82, 2.24) is 10.2 Å². The number of anilines is 1. The normalized spacial score (nSPS) is 15.3. The highest BCUT2D eigenvalue weighted by molar-refractivity contribution is 6.33. The molecule has 1 saturated heterocycles. The van der Waals surface area contributed by atoms with Crippen molar-refractivity contribution in [3.63, 3.8) is 0 Å². The highest BCUT2D eigenvalue weighted by Gasteiger charge is 2.27. The van der Waals surface area contributed by atoms with E-state index in [1.165, 1.54) is 12.1 Å². The molecule has 0 bridgehead atoms. The number of likely N-dealkylation sites (tertiary alicyclic amines) is 1. The number of urea groups is 1. The van der Waals surface area contributed by atoms with E-state index in [2.05, 4.69) is 10.6 Å². The lowest BCUT2D eigenvalue weighted by Crippen LogP contribution is -2.48. The molecule has 0 atom stereocenters. The number of rotatable bonds is 5. The fraction of sp³-hybridized carbons (Fsp3) is 0.556. The number of carbonyl (C=O) groups excluding carboxylic acids is 2. The van der Waals surface area contributed by atoms with Crippen LogP contribution < -0.4 is 10.6 Å². The number of amides is 3. The Morgan fingerprint density at radius 1 is 1.28 bits per heavy atom. The van der Waals surface area contributed by atoms with Gasteiger partial charge < -0.3 is 15.5 Å². The molecule has 7 heteroatoms. The van der Waals surface area contributed by atoms with Gasteiger partial charge in [0.1, 0.15) is 5.82 Å². The Balaban J connectivity index is 1.81. The van der Waals surface area contributed by atoms with Crippen molar-refractivity contribution < 1.29 is 14.0 Å². The number of carbonyl (C=O) groups is 2. The van der Waals surface area contributed by atoms with Crippen LogP contribution in [0.5, 0.6) is 0 Å². The first-order valence-corrected chi connectivity index (χ1v) is 9.13. The molecule has 1 aliphatic rings. The summed E-state index contributed by atoms with van der Waals surface area (Å²) in [6.07, 6.45) is 3.15. The second kappa shape index (κ2) is 9.04. The molecule has 1 heterocycles. The largest absolute Gasteiger partial charge is 0.342 e. The zero-order valence-corrected chi connectivity index (χ0v) is 15.4. The molecular weight excluding hydrogens is 345 g/mol. The number of hydrogen-bond donors (Lipinski definition) is 2. The van der Waals surface area contributed by atoms with Gasteiger partial charge in [0.25, 0.3) is 0 Å². The van der Waals surface area contributed by atoms with Crippen LogP contribution in [-0.2, 0) is 4.79 Å². The lowest BCUT2D eigenvalue weighted by molar-refractivity contribution is -0.136. The summed E-state index contributed by atoms with van der Waals surface area (Å²) < 4.78 is 13.0. The van der Waals surface area contributed by atoms with Crippen LogP contribution in [0.25, 0.3) is 0 Å². The van der Waals surface area contributed by atoms with E-state index >= 15 is 0 Å². The summed E-state index contributed by atoms with van der Waals surface area (Å²) in [6.45, 7) is 5.37. The van der Waals surface area contributed by atoms with Gasteiger partial charge in [-0.15, -0.1) is 0 Å². The standard InChI is InChI=1S/C18H25ClFN3O2/c1-3-12(4-2)17(24)23-9-7-14(8-10-23)21-18(25)22-16-6-5-13(20)11-15(16)19/h5-6,11-12,14H,3-4,7-10H2,1-2H3,(H2,21,22,25). The molecule has 25 heavy (non-hydrogen) atoms. The van der Waals surface area contributed by atoms with Crippen LogP contribution in [0.4, 0.5) is 14.9 Å². The molecule has 3 amide bonds. The number of nitrogens with zero attached hydrogens (tertiary/aromatic N) is 1. The Labute approximate surface area is 152 Å². The van der Waals surface area contributed by atoms with Crippen LogP contribution >= 0.6 is 11.6 Å². The molecule has 138 valence electrons. The predicted octanol–water partition coefficient (Wildman–Crippen LogP) is 4.03. The highest BCUT2D eigenvalue weighted by atomic mass is 35.5. The number of halogens is 2. The van der Waals surface area contributed by atoms with E-state index in [4.69, 9.17) is 11.6 Å². The first-order chi connectivity index (χ1) is 11.9. The first-order valence-electron chi connectivity index (χ1n) is 8.75. The van der Waals surface area contributed by atoms with Crippen molar-refractivity contribution in [3.05, 3.63) is 29.0 Å². The quantitative estimate of drug-likeness (QED) is 0.823. The van der Waals surface area contributed by atoms with Crippen LogP contribution in [0, 0.1) is 11.7 Å². The van der Waals surface area contributed by atoms with E-state index in [9.17, 15) is 14.0 Å². The zero-order chi connectivity index (χ0) is 18.4. The Morgan fingerprint density at radius 3 is 2.48 bits per heavy atom. The van der Waals surface area contributed by atoms with Gasteiger partial charge in [-0.05, 0) is 43.9 Å². The molecule has 1 aromatic rings. The van der Waals surface area contributed by atoms with Crippen LogP contribution in [0.1, 0.15) is 39.5 Å². The van der Waals surface area contributed by atoms with E-state index < -0.39 is 5.82 Å². The maximum absolute atomic E-state index is 13.0. The van der Waals surface area contributed by atoms with Crippen molar-refractivity contribution in [2.75, 3.05) is 18.4 Å². The second-order valence-electron chi connectivity index (χ2n) is 6.34. The number of nitrogens with one attached hydrogen (secondary N) is 2. The second-order valence-corrected chi connectivity index (χ2v) is 6.74. The van der Waals surface area contributed by atoms with Crippen LogP contribution in [0.2, 0.25) is 5.02 Å². The van der Waals surface area contributed by atoms with Crippen LogP contribution in [0.3, 0.4) is 0 Å². The summed E-state index contributed by atoms with van der Waals surface area (Å²) in [7, 11) is 0. The topological polar surface area (TPSA) is 61.4 Å². The minimum absolute atomic E-state index is 0.00461. The number of piperidine rings is 1. The molecule has 0 aromatic heterocycles. The molecule has 0 saturated carbocycles. The molecule has 0 unspecified atom stereocenters. The van der Waals surface area contributed by atoms with Gasteiger partial charge in [-0.2, -0.15) is 0 Å². The van der Waals surface area contributed by atoms with E-state index in [0.717, 1.165) is 31.7 Å². The fourth-order valence-electron chi connectivity index (χ4n) is 3.07. The third kappa shape index (κ3) is 5.33. The molecule has 0 radical (unpaired) electrons. The van der Waals surface area contributed by atoms with Gasteiger partial charge in [-0.1, -0.05) is 25.4 Å². The monoisotopic (exact) mass is 369 g/mol. The Bertz CT molecular complexity index is 614. The van der Waals surface area contributed by atoms with Crippen molar-refractivity contribution in [2.45, 2.75) is 45.6 Å². The molecule has 2 rings (SSSR count). The average molecular weight is 370 g/mol. The third-order valence-electron chi connectivity index (χ3n) is 4.66. The number of hydrogen-bond acceptors (Lipinski definition) is 2. The van der Waals surface area contributed by atoms with Crippen molar-refractivity contribution in [3.8, 4) is 0 Å². The summed E-state index contributed by atoms with van der Waals surface area (Å²) in [5.74, 6) is -0.148. The molecule has 1 aliphatic heterocycles. The minimum Gasteiger partial charge on any atom is -0.342 e. The SMILES string of the molecule is CCC(CC)C(=O)N1CCC(NC(=O)Nc2ccc(F)cc2Cl)CC1. The zero-order valence-electron chi connectivity index (χ0n) is 14.6. The van der Waals surface area contributed by atoms with Gasteiger partial charge in [0, 0.05) is 25.0 Å². The van der Waals surface area contributed by atoms with E-state index in [-0.39, 0.29) is 28.9 Å². The molecule has 0 spiro atoms. The van der Waals surface area contributed by atoms with Gasteiger partial charge in [-0.25, -0.2) is 9.18 Å². The lowest BCUT2D eigenvalue weighted by Gasteiger charge is -2.34. The maximum atomic E-state index is 13.0. The van der Waals surface area contributed by atoms with Crippen molar-refractivity contribution >= 4 is 29.2 Å². The van der Waals surface area contributed by atoms with Crippen LogP contribution in [0.15, 0.2) is 18.2 Å². The summed E-state index contributed by atoms with van der Waals surface area (Å²) in [6, 6.07) is 3.44. The van der Waals surface area contributed by atoms with Crippen LogP contribution in [-0.4, -0.2) is 36.0 Å². The molecule has 1 aromatic carbocycles. The smallest absolute Gasteiger partial charge is 0.319 e. The van der Waals surface area contributed by atoms with Crippen molar-refractivity contribution in [1.29, 1.82) is 0 Å². The van der Waals surface area contributed by atoms with Gasteiger partial charge in [-0.3, -0.25) is 4.79 Å². The van der Waals surface area contributed by atoms with Gasteiger partial charge >= 0.3 is 6.03 Å². The molecule has 2 N–H and O–H groups in total. The summed E-state index contributed by atoms with van der Waals surface area (Å²) >= 11 is 5.90. The first kappa shape index (κ1) is 19.5. The Morgan fingerprint density at radius 2 is 1.92 bits per heavy atom. The Hall–Kier alpha value is -1.82. The van der Waals surface area contributed by atoms with Crippen molar-refractivity contribution in [2.24, 2.45) is 5.92 Å². The summed E-state index contributed by atoms with van der Waals surface area (Å²) in [4.78, 5) is 26.3. The van der Waals surface area contributed by atoms with Gasteiger partial charge in [0.2, 0.25) is 5.91 Å². The number of benzene rings is 1. The fourth-order valence-corrected chi connectivity index (χ4v) is 3.29.